The topological polar surface area (TPSA) is 64.7 Å². The van der Waals surface area contributed by atoms with Crippen molar-refractivity contribution in [3.63, 3.8) is 0 Å². The average molecular weight is 378 g/mol. The van der Waals surface area contributed by atoms with E-state index in [2.05, 4.69) is 20.2 Å². The van der Waals surface area contributed by atoms with Gasteiger partial charge in [-0.25, -0.2) is 18.2 Å². The van der Waals surface area contributed by atoms with Gasteiger partial charge >= 0.3 is 0 Å². The van der Waals surface area contributed by atoms with Crippen molar-refractivity contribution < 1.29 is 17.6 Å². The maximum absolute atomic E-state index is 14.0. The number of fused-ring (bicyclic) bond motifs is 3. The Hall–Kier alpha value is -3.81. The van der Waals surface area contributed by atoms with Crippen LogP contribution in [0.25, 0.3) is 44.8 Å². The lowest BCUT2D eigenvalue weighted by Crippen LogP contribution is -1.93. The summed E-state index contributed by atoms with van der Waals surface area (Å²) in [6, 6.07) is 13.0. The van der Waals surface area contributed by atoms with Crippen molar-refractivity contribution in [2.75, 3.05) is 0 Å². The Labute approximate surface area is 155 Å². The average Bonchev–Trinajstić information content (AvgIpc) is 3.21. The van der Waals surface area contributed by atoms with Crippen LogP contribution in [0.3, 0.4) is 0 Å². The van der Waals surface area contributed by atoms with Gasteiger partial charge in [-0.1, -0.05) is 24.3 Å². The van der Waals surface area contributed by atoms with E-state index in [0.29, 0.717) is 16.7 Å². The molecule has 5 nitrogen and oxygen atoms in total. The molecule has 0 radical (unpaired) electrons. The number of benzene rings is 2. The predicted octanol–water partition coefficient (Wildman–Crippen LogP) is 4.92. The Morgan fingerprint density at radius 3 is 2.32 bits per heavy atom. The second kappa shape index (κ2) is 6.12. The molecule has 0 spiro atoms. The first-order valence-electron chi connectivity index (χ1n) is 8.24. The van der Waals surface area contributed by atoms with E-state index in [1.807, 2.05) is 30.3 Å². The van der Waals surface area contributed by atoms with E-state index in [-0.39, 0.29) is 17.3 Å². The third kappa shape index (κ3) is 2.50. The summed E-state index contributed by atoms with van der Waals surface area (Å²) in [6.07, 6.45) is 1.67. The van der Waals surface area contributed by atoms with Gasteiger partial charge in [0.25, 0.3) is 11.8 Å². The van der Waals surface area contributed by atoms with Crippen molar-refractivity contribution >= 4 is 21.8 Å². The van der Waals surface area contributed by atoms with E-state index < -0.39 is 17.5 Å². The first-order valence-corrected chi connectivity index (χ1v) is 8.24. The van der Waals surface area contributed by atoms with Crippen LogP contribution in [0, 0.1) is 17.5 Å². The Morgan fingerprint density at radius 1 is 0.714 bits per heavy atom. The Balaban J connectivity index is 1.64. The number of rotatable bonds is 2. The van der Waals surface area contributed by atoms with Gasteiger partial charge in [0, 0.05) is 17.0 Å². The Morgan fingerprint density at radius 2 is 1.46 bits per heavy atom. The molecule has 0 saturated heterocycles. The van der Waals surface area contributed by atoms with E-state index >= 15 is 0 Å². The maximum Gasteiger partial charge on any atom is 0.266 e. The molecular formula is C20H9F3N4O. The quantitative estimate of drug-likeness (QED) is 0.322. The molecule has 28 heavy (non-hydrogen) atoms. The second-order valence-electron chi connectivity index (χ2n) is 6.04. The van der Waals surface area contributed by atoms with Gasteiger partial charge in [-0.2, -0.15) is 0 Å². The monoisotopic (exact) mass is 378 g/mol. The van der Waals surface area contributed by atoms with Crippen LogP contribution in [0.2, 0.25) is 0 Å². The summed E-state index contributed by atoms with van der Waals surface area (Å²) in [5.41, 5.74) is 1.39. The van der Waals surface area contributed by atoms with Crippen LogP contribution in [0.15, 0.2) is 59.1 Å². The van der Waals surface area contributed by atoms with Gasteiger partial charge in [-0.05, 0) is 24.3 Å². The fraction of sp³-hybridized carbons (Fsp3) is 0. The van der Waals surface area contributed by atoms with E-state index in [1.165, 1.54) is 0 Å². The van der Waals surface area contributed by atoms with Crippen molar-refractivity contribution in [1.82, 2.24) is 20.2 Å². The van der Waals surface area contributed by atoms with Crippen LogP contribution in [0.5, 0.6) is 0 Å². The first kappa shape index (κ1) is 16.4. The fourth-order valence-corrected chi connectivity index (χ4v) is 2.97. The lowest BCUT2D eigenvalue weighted by Gasteiger charge is -2.03. The molecule has 0 aliphatic rings. The third-order valence-electron chi connectivity index (χ3n) is 4.34. The molecule has 5 aromatic rings. The molecule has 8 heteroatoms. The summed E-state index contributed by atoms with van der Waals surface area (Å²) < 4.78 is 46.0. The summed E-state index contributed by atoms with van der Waals surface area (Å²) in [5.74, 6) is -4.54. The van der Waals surface area contributed by atoms with E-state index in [1.54, 1.807) is 12.3 Å². The molecule has 0 saturated carbocycles. The molecule has 0 amide bonds. The molecule has 2 aromatic carbocycles. The molecule has 5 rings (SSSR count). The molecule has 0 aliphatic heterocycles. The van der Waals surface area contributed by atoms with Crippen LogP contribution in [0.1, 0.15) is 0 Å². The number of nitrogens with zero attached hydrogens (tertiary/aromatic N) is 4. The normalized spacial score (nSPS) is 11.4. The minimum Gasteiger partial charge on any atom is -0.414 e. The fourth-order valence-electron chi connectivity index (χ4n) is 2.97. The number of hydrogen-bond acceptors (Lipinski definition) is 5. The maximum atomic E-state index is 14.0. The molecule has 0 atom stereocenters. The van der Waals surface area contributed by atoms with Gasteiger partial charge in [0.05, 0.1) is 16.6 Å². The van der Waals surface area contributed by atoms with Crippen molar-refractivity contribution in [2.45, 2.75) is 0 Å². The largest absolute Gasteiger partial charge is 0.414 e. The van der Waals surface area contributed by atoms with Crippen LogP contribution in [-0.2, 0) is 0 Å². The van der Waals surface area contributed by atoms with Crippen LogP contribution < -0.4 is 0 Å². The zero-order valence-electron chi connectivity index (χ0n) is 14.0. The van der Waals surface area contributed by atoms with E-state index in [9.17, 15) is 13.2 Å². The van der Waals surface area contributed by atoms with Crippen molar-refractivity contribution in [1.29, 1.82) is 0 Å². The van der Waals surface area contributed by atoms with Crippen molar-refractivity contribution in [3.8, 4) is 23.0 Å². The second-order valence-corrected chi connectivity index (χ2v) is 6.04. The van der Waals surface area contributed by atoms with Crippen LogP contribution in [0.4, 0.5) is 13.2 Å². The summed E-state index contributed by atoms with van der Waals surface area (Å²) >= 11 is 0. The van der Waals surface area contributed by atoms with Gasteiger partial charge in [0.2, 0.25) is 0 Å². The molecule has 0 bridgehead atoms. The van der Waals surface area contributed by atoms with E-state index in [0.717, 1.165) is 22.9 Å². The zero-order valence-corrected chi connectivity index (χ0v) is 14.0. The highest BCUT2D eigenvalue weighted by atomic mass is 19.2. The lowest BCUT2D eigenvalue weighted by molar-refractivity contribution is 0.446. The first-order chi connectivity index (χ1) is 13.6. The zero-order chi connectivity index (χ0) is 19.3. The number of pyridine rings is 2. The lowest BCUT2D eigenvalue weighted by atomic mass is 10.1. The molecule has 0 aliphatic carbocycles. The minimum absolute atomic E-state index is 0.0222. The Kier molecular flexibility index (Phi) is 3.58. The standard InChI is InChI=1S/C20H9F3N4O/c21-13-7-6-12(15(22)16(13)23)19-26-27-20(28-19)14-8-5-11-4-3-10-2-1-9-24-17(10)18(11)25-14/h1-9H. The highest BCUT2D eigenvalue weighted by Gasteiger charge is 2.20. The molecule has 136 valence electrons. The number of aromatic nitrogens is 4. The molecule has 3 aromatic heterocycles. The van der Waals surface area contributed by atoms with Gasteiger partial charge in [-0.3, -0.25) is 4.98 Å². The van der Waals surface area contributed by atoms with Crippen molar-refractivity contribution in [2.24, 2.45) is 0 Å². The Bertz CT molecular complexity index is 1370. The van der Waals surface area contributed by atoms with Crippen LogP contribution in [-0.4, -0.2) is 20.2 Å². The van der Waals surface area contributed by atoms with Gasteiger partial charge in [-0.15, -0.1) is 10.2 Å². The number of halogens is 3. The smallest absolute Gasteiger partial charge is 0.266 e. The van der Waals surface area contributed by atoms with E-state index in [4.69, 9.17) is 4.42 Å². The third-order valence-corrected chi connectivity index (χ3v) is 4.34. The molecule has 0 N–H and O–H groups in total. The summed E-state index contributed by atoms with van der Waals surface area (Å²) in [6.45, 7) is 0. The summed E-state index contributed by atoms with van der Waals surface area (Å²) in [7, 11) is 0. The summed E-state index contributed by atoms with van der Waals surface area (Å²) in [5, 5.41) is 9.40. The van der Waals surface area contributed by atoms with Crippen molar-refractivity contribution in [3.05, 3.63) is 72.2 Å². The SMILES string of the molecule is Fc1ccc(-c2nnc(-c3ccc4ccc5cccnc5c4n3)o2)c(F)c1F. The van der Waals surface area contributed by atoms with Gasteiger partial charge in [0.1, 0.15) is 5.69 Å². The van der Waals surface area contributed by atoms with Gasteiger partial charge in [0.15, 0.2) is 17.5 Å². The molecule has 0 fully saturated rings. The highest BCUT2D eigenvalue weighted by Crippen LogP contribution is 2.29. The molecular weight excluding hydrogens is 369 g/mol. The summed E-state index contributed by atoms with van der Waals surface area (Å²) in [4.78, 5) is 8.92. The minimum atomic E-state index is -1.60. The number of hydrogen-bond donors (Lipinski definition) is 0. The predicted molar refractivity (Wildman–Crippen MR) is 95.6 cm³/mol. The van der Waals surface area contributed by atoms with Crippen LogP contribution >= 0.6 is 0 Å². The van der Waals surface area contributed by atoms with Gasteiger partial charge < -0.3 is 4.42 Å². The highest BCUT2D eigenvalue weighted by molar-refractivity contribution is 6.03. The molecule has 0 unspecified atom stereocenters. The molecule has 3 heterocycles.